The molecule has 3 aromatic rings. The first-order valence-corrected chi connectivity index (χ1v) is 12.2. The Morgan fingerprint density at radius 1 is 0.868 bits per heavy atom. The zero-order chi connectivity index (χ0) is 27.6. The van der Waals surface area contributed by atoms with E-state index in [1.54, 1.807) is 49.6 Å². The van der Waals surface area contributed by atoms with E-state index in [0.717, 1.165) is 5.56 Å². The number of aliphatic hydroxyl groups excluding tert-OH is 1. The Labute approximate surface area is 229 Å². The van der Waals surface area contributed by atoms with Crippen LogP contribution in [-0.4, -0.2) is 50.1 Å². The van der Waals surface area contributed by atoms with Gasteiger partial charge in [-0.1, -0.05) is 41.4 Å². The molecule has 8 nitrogen and oxygen atoms in total. The molecule has 0 radical (unpaired) electrons. The third-order valence-corrected chi connectivity index (χ3v) is 6.74. The molecule has 1 aliphatic rings. The fourth-order valence-electron chi connectivity index (χ4n) is 4.43. The van der Waals surface area contributed by atoms with Crippen molar-refractivity contribution in [3.05, 3.63) is 86.9 Å². The van der Waals surface area contributed by atoms with Gasteiger partial charge in [0.05, 0.1) is 50.6 Å². The Kier molecular flexibility index (Phi) is 8.04. The lowest BCUT2D eigenvalue weighted by Gasteiger charge is -2.26. The lowest BCUT2D eigenvalue weighted by Crippen LogP contribution is -2.29. The number of amides is 1. The highest BCUT2D eigenvalue weighted by molar-refractivity contribution is 6.46. The first-order valence-electron chi connectivity index (χ1n) is 11.4. The smallest absolute Gasteiger partial charge is 0.295 e. The maximum atomic E-state index is 13.5. The summed E-state index contributed by atoms with van der Waals surface area (Å²) in [5.74, 6) is -0.502. The average Bonchev–Trinajstić information content (AvgIpc) is 3.17. The van der Waals surface area contributed by atoms with E-state index in [1.807, 2.05) is 0 Å². The molecule has 0 saturated carbocycles. The van der Waals surface area contributed by atoms with E-state index in [1.165, 1.54) is 38.4 Å². The molecular formula is C28H25Cl2NO7. The molecule has 0 spiro atoms. The lowest BCUT2D eigenvalue weighted by atomic mass is 9.94. The van der Waals surface area contributed by atoms with E-state index in [9.17, 15) is 14.7 Å². The van der Waals surface area contributed by atoms with Gasteiger partial charge in [-0.15, -0.1) is 0 Å². The molecule has 1 fully saturated rings. The van der Waals surface area contributed by atoms with Crippen molar-refractivity contribution in [3.63, 3.8) is 0 Å². The van der Waals surface area contributed by atoms with Crippen LogP contribution in [0, 0.1) is 0 Å². The van der Waals surface area contributed by atoms with Crippen LogP contribution in [0.5, 0.6) is 23.0 Å². The molecule has 1 amide bonds. The average molecular weight is 558 g/mol. The minimum Gasteiger partial charge on any atom is -0.507 e. The van der Waals surface area contributed by atoms with E-state index in [4.69, 9.17) is 42.1 Å². The highest BCUT2D eigenvalue weighted by atomic mass is 35.5. The molecule has 1 heterocycles. The van der Waals surface area contributed by atoms with E-state index < -0.39 is 23.5 Å². The standard InChI is InChI=1S/C28H25Cl2NO7/c1-35-18-8-5-15(6-9-18)14-31-24(16-7-10-21(36-2)22(11-16)37-3)23(26(33)28(31)34)25(32)19-12-17(29)13-20(30)27(19)38-4/h5-13,24,32H,14H2,1-4H3/b25-23+. The SMILES string of the molecule is COc1ccc(CN2C(=O)C(=O)/C(=C(/O)c3cc(Cl)cc(Cl)c3OC)C2c2ccc(OC)c(OC)c2)cc1. The molecule has 1 aliphatic heterocycles. The van der Waals surface area contributed by atoms with Crippen molar-refractivity contribution in [1.82, 2.24) is 4.90 Å². The normalized spacial score (nSPS) is 16.5. The number of carbonyl (C=O) groups is 2. The number of rotatable bonds is 8. The summed E-state index contributed by atoms with van der Waals surface area (Å²) >= 11 is 12.5. The summed E-state index contributed by atoms with van der Waals surface area (Å²) in [7, 11) is 5.91. The highest BCUT2D eigenvalue weighted by Gasteiger charge is 2.46. The Morgan fingerprint density at radius 3 is 2.16 bits per heavy atom. The van der Waals surface area contributed by atoms with Crippen molar-refractivity contribution in [2.75, 3.05) is 28.4 Å². The number of Topliss-reactive ketones (excluding diaryl/α,β-unsaturated/α-hetero) is 1. The summed E-state index contributed by atoms with van der Waals surface area (Å²) in [6.45, 7) is 0.0811. The number of hydrogen-bond acceptors (Lipinski definition) is 7. The lowest BCUT2D eigenvalue weighted by molar-refractivity contribution is -0.140. The predicted octanol–water partition coefficient (Wildman–Crippen LogP) is 5.65. The van der Waals surface area contributed by atoms with Gasteiger partial charge in [-0.3, -0.25) is 9.59 Å². The van der Waals surface area contributed by atoms with Gasteiger partial charge < -0.3 is 29.0 Å². The molecule has 10 heteroatoms. The second-order valence-corrected chi connectivity index (χ2v) is 9.20. The molecule has 0 aliphatic carbocycles. The van der Waals surface area contributed by atoms with Gasteiger partial charge in [0.25, 0.3) is 11.7 Å². The summed E-state index contributed by atoms with van der Waals surface area (Å²) in [5.41, 5.74) is 1.20. The molecule has 1 unspecified atom stereocenters. The monoisotopic (exact) mass is 557 g/mol. The summed E-state index contributed by atoms with van der Waals surface area (Å²) in [6.07, 6.45) is 0. The zero-order valence-corrected chi connectivity index (χ0v) is 22.6. The fraction of sp³-hybridized carbons (Fsp3) is 0.214. The number of aliphatic hydroxyl groups is 1. The maximum absolute atomic E-state index is 13.5. The largest absolute Gasteiger partial charge is 0.507 e. The van der Waals surface area contributed by atoms with Crippen molar-refractivity contribution < 1.29 is 33.6 Å². The minimum atomic E-state index is -0.973. The van der Waals surface area contributed by atoms with Crippen LogP contribution in [0.1, 0.15) is 22.7 Å². The van der Waals surface area contributed by atoms with E-state index >= 15 is 0 Å². The van der Waals surface area contributed by atoms with Gasteiger partial charge in [-0.2, -0.15) is 0 Å². The molecule has 0 aromatic heterocycles. The second kappa shape index (κ2) is 11.2. The van der Waals surface area contributed by atoms with Crippen molar-refractivity contribution in [1.29, 1.82) is 0 Å². The highest BCUT2D eigenvalue weighted by Crippen LogP contribution is 2.45. The van der Waals surface area contributed by atoms with Crippen LogP contribution in [-0.2, 0) is 16.1 Å². The molecule has 3 aromatic carbocycles. The number of methoxy groups -OCH3 is 4. The number of benzene rings is 3. The minimum absolute atomic E-state index is 0.0811. The van der Waals surface area contributed by atoms with Crippen LogP contribution >= 0.6 is 23.2 Å². The van der Waals surface area contributed by atoms with Crippen molar-refractivity contribution in [2.24, 2.45) is 0 Å². The molecule has 198 valence electrons. The van der Waals surface area contributed by atoms with Gasteiger partial charge in [0.15, 0.2) is 11.5 Å². The topological polar surface area (TPSA) is 94.5 Å². The third kappa shape index (κ3) is 4.97. The van der Waals surface area contributed by atoms with Crippen LogP contribution < -0.4 is 18.9 Å². The zero-order valence-electron chi connectivity index (χ0n) is 21.1. The fourth-order valence-corrected chi connectivity index (χ4v) is 5.00. The summed E-state index contributed by atoms with van der Waals surface area (Å²) < 4.78 is 21.4. The third-order valence-electron chi connectivity index (χ3n) is 6.24. The molecule has 1 N–H and O–H groups in total. The Morgan fingerprint density at radius 2 is 1.55 bits per heavy atom. The number of halogens is 2. The number of hydrogen-bond donors (Lipinski definition) is 1. The molecule has 1 atom stereocenters. The molecule has 4 rings (SSSR count). The van der Waals surface area contributed by atoms with Crippen LogP contribution in [0.2, 0.25) is 10.0 Å². The van der Waals surface area contributed by atoms with E-state index in [0.29, 0.717) is 22.8 Å². The summed E-state index contributed by atoms with van der Waals surface area (Å²) in [6, 6.07) is 14.0. The number of nitrogens with zero attached hydrogens (tertiary/aromatic N) is 1. The maximum Gasteiger partial charge on any atom is 0.295 e. The van der Waals surface area contributed by atoms with Crippen molar-refractivity contribution in [3.8, 4) is 23.0 Å². The Hall–Kier alpha value is -3.88. The summed E-state index contributed by atoms with van der Waals surface area (Å²) in [4.78, 5) is 28.2. The number of ketones is 1. The van der Waals surface area contributed by atoms with Crippen LogP contribution in [0.4, 0.5) is 0 Å². The first-order chi connectivity index (χ1) is 18.2. The van der Waals surface area contributed by atoms with Gasteiger partial charge >= 0.3 is 0 Å². The second-order valence-electron chi connectivity index (χ2n) is 8.36. The first kappa shape index (κ1) is 27.2. The predicted molar refractivity (Wildman–Crippen MR) is 143 cm³/mol. The quantitative estimate of drug-likeness (QED) is 0.217. The summed E-state index contributed by atoms with van der Waals surface area (Å²) in [5, 5.41) is 11.8. The van der Waals surface area contributed by atoms with Crippen LogP contribution in [0.25, 0.3) is 5.76 Å². The molecule has 1 saturated heterocycles. The Bertz CT molecular complexity index is 1420. The van der Waals surface area contributed by atoms with Crippen LogP contribution in [0.3, 0.4) is 0 Å². The van der Waals surface area contributed by atoms with E-state index in [-0.39, 0.29) is 33.5 Å². The molecular weight excluding hydrogens is 533 g/mol. The molecule has 0 bridgehead atoms. The molecule has 38 heavy (non-hydrogen) atoms. The number of likely N-dealkylation sites (tertiary alicyclic amines) is 1. The van der Waals surface area contributed by atoms with Gasteiger partial charge in [0.2, 0.25) is 0 Å². The number of carbonyl (C=O) groups excluding carboxylic acids is 2. The van der Waals surface area contributed by atoms with Crippen molar-refractivity contribution in [2.45, 2.75) is 12.6 Å². The van der Waals surface area contributed by atoms with Gasteiger partial charge in [0.1, 0.15) is 17.3 Å². The van der Waals surface area contributed by atoms with Crippen LogP contribution in [0.15, 0.2) is 60.2 Å². The Balaban J connectivity index is 1.93. The van der Waals surface area contributed by atoms with Gasteiger partial charge in [0, 0.05) is 11.6 Å². The number of ether oxygens (including phenoxy) is 4. The van der Waals surface area contributed by atoms with E-state index in [2.05, 4.69) is 0 Å². The van der Waals surface area contributed by atoms with Crippen molar-refractivity contribution >= 4 is 40.7 Å². The van der Waals surface area contributed by atoms with Gasteiger partial charge in [-0.25, -0.2) is 0 Å². The van der Waals surface area contributed by atoms with Gasteiger partial charge in [-0.05, 0) is 47.5 Å².